The Labute approximate surface area is 143 Å². The minimum Gasteiger partial charge on any atom is -0.396 e. The first-order valence-electron chi connectivity index (χ1n) is 8.77. The van der Waals surface area contributed by atoms with E-state index in [-0.39, 0.29) is 12.1 Å². The molecule has 1 fully saturated rings. The summed E-state index contributed by atoms with van der Waals surface area (Å²) in [5.74, 6) is 0.449. The number of aryl methyl sites for hydroxylation is 1. The molecule has 24 heavy (non-hydrogen) atoms. The van der Waals surface area contributed by atoms with Crippen LogP contribution >= 0.6 is 0 Å². The highest BCUT2D eigenvalue weighted by Gasteiger charge is 2.33. The van der Waals surface area contributed by atoms with Crippen molar-refractivity contribution in [3.8, 4) is 0 Å². The molecule has 1 unspecified atom stereocenters. The summed E-state index contributed by atoms with van der Waals surface area (Å²) < 4.78 is 0. The van der Waals surface area contributed by atoms with Gasteiger partial charge in [-0.05, 0) is 37.8 Å². The lowest BCUT2D eigenvalue weighted by atomic mass is 9.85. The highest BCUT2D eigenvalue weighted by atomic mass is 16.6. The molecule has 5 heteroatoms. The van der Waals surface area contributed by atoms with Gasteiger partial charge in [0.15, 0.2) is 0 Å². The van der Waals surface area contributed by atoms with Gasteiger partial charge in [-0.15, -0.1) is 0 Å². The molecular formula is C19H26N4O. The van der Waals surface area contributed by atoms with Crippen molar-refractivity contribution in [3.05, 3.63) is 41.9 Å². The molecule has 2 aliphatic rings. The first-order valence-corrected chi connectivity index (χ1v) is 8.77. The zero-order chi connectivity index (χ0) is 16.9. The van der Waals surface area contributed by atoms with Crippen molar-refractivity contribution >= 4 is 11.4 Å². The Morgan fingerprint density at radius 1 is 1.33 bits per heavy atom. The topological polar surface area (TPSA) is 58.9 Å². The Hall–Kier alpha value is -2.01. The summed E-state index contributed by atoms with van der Waals surface area (Å²) in [6.07, 6.45) is 8.63. The maximum atomic E-state index is 5.34. The molecule has 2 aliphatic heterocycles. The fourth-order valence-electron chi connectivity index (χ4n) is 3.46. The molecule has 3 rings (SSSR count). The molecule has 0 aromatic carbocycles. The number of rotatable bonds is 4. The van der Waals surface area contributed by atoms with Crippen molar-refractivity contribution in [3.63, 3.8) is 0 Å². The molecule has 5 nitrogen and oxygen atoms in total. The van der Waals surface area contributed by atoms with Gasteiger partial charge in [-0.3, -0.25) is 15.3 Å². The van der Waals surface area contributed by atoms with E-state index in [0.717, 1.165) is 30.7 Å². The SMILES string of the molecule is CCON=C1C[C@@H](C2=NC=CCC2C)N[C@@H](c2ncccc2C)C1. The van der Waals surface area contributed by atoms with Gasteiger partial charge in [0.1, 0.15) is 6.61 Å². The second kappa shape index (κ2) is 7.71. The zero-order valence-corrected chi connectivity index (χ0v) is 14.7. The van der Waals surface area contributed by atoms with Crippen LogP contribution in [0.2, 0.25) is 0 Å². The van der Waals surface area contributed by atoms with Crippen LogP contribution < -0.4 is 5.32 Å². The molecule has 0 spiro atoms. The first-order chi connectivity index (χ1) is 11.7. The maximum Gasteiger partial charge on any atom is 0.114 e. The third-order valence-electron chi connectivity index (χ3n) is 4.67. The van der Waals surface area contributed by atoms with Crippen LogP contribution in [0.5, 0.6) is 0 Å². The van der Waals surface area contributed by atoms with Gasteiger partial charge in [0.2, 0.25) is 0 Å². The van der Waals surface area contributed by atoms with Gasteiger partial charge in [-0.2, -0.15) is 0 Å². The third kappa shape index (κ3) is 3.73. The summed E-state index contributed by atoms with van der Waals surface area (Å²) in [5.41, 5.74) is 4.58. The van der Waals surface area contributed by atoms with Gasteiger partial charge >= 0.3 is 0 Å². The maximum absolute atomic E-state index is 5.34. The molecule has 0 aliphatic carbocycles. The molecule has 0 amide bonds. The van der Waals surface area contributed by atoms with Crippen LogP contribution in [0, 0.1) is 12.8 Å². The van der Waals surface area contributed by atoms with Crippen molar-refractivity contribution < 1.29 is 4.84 Å². The molecule has 0 bridgehead atoms. The van der Waals surface area contributed by atoms with E-state index >= 15 is 0 Å². The highest BCUT2D eigenvalue weighted by Crippen LogP contribution is 2.28. The van der Waals surface area contributed by atoms with Crippen LogP contribution in [-0.4, -0.2) is 29.1 Å². The lowest BCUT2D eigenvalue weighted by Gasteiger charge is -2.35. The van der Waals surface area contributed by atoms with E-state index in [1.807, 2.05) is 25.4 Å². The Kier molecular flexibility index (Phi) is 5.41. The van der Waals surface area contributed by atoms with E-state index < -0.39 is 0 Å². The minimum atomic E-state index is 0.143. The second-order valence-corrected chi connectivity index (χ2v) is 6.54. The largest absolute Gasteiger partial charge is 0.396 e. The van der Waals surface area contributed by atoms with E-state index in [4.69, 9.17) is 4.84 Å². The normalized spacial score (nSPS) is 28.7. The molecule has 1 saturated heterocycles. The molecule has 1 aromatic heterocycles. The monoisotopic (exact) mass is 326 g/mol. The summed E-state index contributed by atoms with van der Waals surface area (Å²) in [5, 5.41) is 8.11. The van der Waals surface area contributed by atoms with E-state index in [1.165, 1.54) is 11.3 Å². The van der Waals surface area contributed by atoms with Gasteiger partial charge < -0.3 is 4.84 Å². The predicted molar refractivity (Wildman–Crippen MR) is 97.3 cm³/mol. The van der Waals surface area contributed by atoms with Crippen molar-refractivity contribution in [2.75, 3.05) is 6.61 Å². The van der Waals surface area contributed by atoms with Crippen LogP contribution in [0.4, 0.5) is 0 Å². The number of piperidine rings is 1. The highest BCUT2D eigenvalue weighted by molar-refractivity contribution is 5.98. The summed E-state index contributed by atoms with van der Waals surface area (Å²) in [6, 6.07) is 4.41. The molecular weight excluding hydrogens is 300 g/mol. The van der Waals surface area contributed by atoms with Crippen LogP contribution in [-0.2, 0) is 4.84 Å². The van der Waals surface area contributed by atoms with Gasteiger partial charge in [0, 0.05) is 31.0 Å². The average Bonchev–Trinajstić information content (AvgIpc) is 2.60. The average molecular weight is 326 g/mol. The molecule has 0 saturated carbocycles. The smallest absolute Gasteiger partial charge is 0.114 e. The van der Waals surface area contributed by atoms with Gasteiger partial charge in [0.05, 0.1) is 23.5 Å². The predicted octanol–water partition coefficient (Wildman–Crippen LogP) is 3.57. The van der Waals surface area contributed by atoms with E-state index in [1.54, 1.807) is 0 Å². The van der Waals surface area contributed by atoms with Crippen LogP contribution in [0.25, 0.3) is 0 Å². The van der Waals surface area contributed by atoms with Crippen LogP contribution in [0.3, 0.4) is 0 Å². The lowest BCUT2D eigenvalue weighted by Crippen LogP contribution is -2.48. The molecule has 1 N–H and O–H groups in total. The standard InChI is InChI=1S/C19H26N4O/c1-4-24-23-15-11-16(18-13(2)7-5-9-20-18)22-17(12-15)19-14(3)8-6-10-21-19/h5-7,9-10,14,16-17,22H,4,8,11-12H2,1-3H3/t14?,16-,17+/m1/s1. The summed E-state index contributed by atoms with van der Waals surface area (Å²) in [6.45, 7) is 6.89. The minimum absolute atomic E-state index is 0.143. The second-order valence-electron chi connectivity index (χ2n) is 6.54. The van der Waals surface area contributed by atoms with Crippen molar-refractivity contribution in [1.82, 2.24) is 10.3 Å². The van der Waals surface area contributed by atoms with Gasteiger partial charge in [0.25, 0.3) is 0 Å². The number of hydrogen-bond acceptors (Lipinski definition) is 5. The molecule has 0 radical (unpaired) electrons. The van der Waals surface area contributed by atoms with Crippen molar-refractivity contribution in [2.24, 2.45) is 16.1 Å². The van der Waals surface area contributed by atoms with E-state index in [0.29, 0.717) is 12.5 Å². The van der Waals surface area contributed by atoms with Crippen molar-refractivity contribution in [1.29, 1.82) is 0 Å². The number of aromatic nitrogens is 1. The number of allylic oxidation sites excluding steroid dienone is 1. The number of oxime groups is 1. The fraction of sp³-hybridized carbons (Fsp3) is 0.526. The molecule has 128 valence electrons. The van der Waals surface area contributed by atoms with Crippen molar-refractivity contribution in [2.45, 2.75) is 52.1 Å². The number of nitrogens with zero attached hydrogens (tertiary/aromatic N) is 3. The summed E-state index contributed by atoms with van der Waals surface area (Å²) >= 11 is 0. The van der Waals surface area contributed by atoms with Crippen LogP contribution in [0.1, 0.15) is 50.4 Å². The lowest BCUT2D eigenvalue weighted by molar-refractivity contribution is 0.156. The van der Waals surface area contributed by atoms with Crippen LogP contribution in [0.15, 0.2) is 40.8 Å². The first kappa shape index (κ1) is 16.8. The number of hydrogen-bond donors (Lipinski definition) is 1. The van der Waals surface area contributed by atoms with Gasteiger partial charge in [-0.1, -0.05) is 24.2 Å². The molecule has 1 aromatic rings. The quantitative estimate of drug-likeness (QED) is 0.861. The Balaban J connectivity index is 1.89. The fourth-order valence-corrected chi connectivity index (χ4v) is 3.46. The Morgan fingerprint density at radius 2 is 2.17 bits per heavy atom. The van der Waals surface area contributed by atoms with E-state index in [9.17, 15) is 0 Å². The summed E-state index contributed by atoms with van der Waals surface area (Å²) in [7, 11) is 0. The summed E-state index contributed by atoms with van der Waals surface area (Å²) in [4.78, 5) is 14.6. The third-order valence-corrected chi connectivity index (χ3v) is 4.67. The van der Waals surface area contributed by atoms with Gasteiger partial charge in [-0.25, -0.2) is 0 Å². The number of aliphatic imine (C=N–C) groups is 1. The Bertz CT molecular complexity index is 665. The molecule has 3 atom stereocenters. The number of nitrogens with one attached hydrogen (secondary N) is 1. The molecule has 3 heterocycles. The number of pyridine rings is 1. The Morgan fingerprint density at radius 3 is 2.92 bits per heavy atom. The zero-order valence-electron chi connectivity index (χ0n) is 14.7. The van der Waals surface area contributed by atoms with E-state index in [2.05, 4.69) is 46.4 Å².